The van der Waals surface area contributed by atoms with Crippen molar-refractivity contribution in [2.45, 2.75) is 0 Å². The van der Waals surface area contributed by atoms with Crippen molar-refractivity contribution in [1.82, 2.24) is 0 Å². The second-order valence-corrected chi connectivity index (χ2v) is 0.447. The molecule has 0 saturated carbocycles. The summed E-state index contributed by atoms with van der Waals surface area (Å²) in [6.07, 6.45) is 0. The van der Waals surface area contributed by atoms with Crippen molar-refractivity contribution in [1.29, 1.82) is 0 Å². The summed E-state index contributed by atoms with van der Waals surface area (Å²) in [6.45, 7) is 0. The first kappa shape index (κ1) is 44.6. The van der Waals surface area contributed by atoms with E-state index < -0.39 is 10.2 Å². The van der Waals surface area contributed by atoms with Crippen LogP contribution in [-0.4, -0.2) is 76.4 Å². The quantitative estimate of drug-likeness (QED) is 0.165. The van der Waals surface area contributed by atoms with Crippen LogP contribution in [0.4, 0.5) is 0 Å². The van der Waals surface area contributed by atoms with Crippen molar-refractivity contribution in [3.8, 4) is 0 Å². The van der Waals surface area contributed by atoms with E-state index in [0.29, 0.717) is 0 Å². The van der Waals surface area contributed by atoms with Crippen molar-refractivity contribution in [2.24, 2.45) is 0 Å². The van der Waals surface area contributed by atoms with Gasteiger partial charge in [0, 0.05) is 26.2 Å². The topological polar surface area (TPSA) is 132 Å². The van der Waals surface area contributed by atoms with E-state index in [2.05, 4.69) is 0 Å². The number of hydrogen-bond acceptors (Lipinski definition) is 6. The maximum atomic E-state index is 8.25. The molecule has 0 N–H and O–H groups in total. The summed E-state index contributed by atoms with van der Waals surface area (Å²) >= 11 is 0. The molecule has 0 rings (SSSR count). The molecule has 0 aliphatic rings. The third-order valence-corrected chi connectivity index (χ3v) is 0. The van der Waals surface area contributed by atoms with Gasteiger partial charge in [0.2, 0.25) is 0 Å². The summed E-state index contributed by atoms with van der Waals surface area (Å²) in [5, 5.41) is 29.5. The summed E-state index contributed by atoms with van der Waals surface area (Å²) in [5.74, 6) is 0. The van der Waals surface area contributed by atoms with E-state index >= 15 is 0 Å². The maximum absolute atomic E-state index is 8.25. The first-order valence-electron chi connectivity index (χ1n) is 1.10. The first-order valence-corrected chi connectivity index (χ1v) is 1.10. The van der Waals surface area contributed by atoms with Crippen molar-refractivity contribution >= 4 is 66.2 Å². The van der Waals surface area contributed by atoms with Gasteiger partial charge < -0.3 is 43.1 Å². The zero-order valence-electron chi connectivity index (χ0n) is 4.80. The molecular formula is H5AlBaClLaN2O6Zr. The number of rotatable bonds is 0. The minimum Gasteiger partial charge on any atom is -1.00 e. The number of nitrogens with zero attached hydrogens (tertiary/aromatic N) is 2. The van der Waals surface area contributed by atoms with Gasteiger partial charge in [-0.2, -0.15) is 0 Å². The SMILES string of the molecule is O=[N+]([O-])[O-].O=[N+]([O-])[O-].[AlH3].[BaH2].[Cl-].[La+3].[Zr]. The molecule has 0 unspecified atom stereocenters. The second-order valence-electron chi connectivity index (χ2n) is 0.447. The van der Waals surface area contributed by atoms with Crippen LogP contribution in [0.15, 0.2) is 0 Å². The monoisotopic (exact) mass is 558 g/mol. The van der Waals surface area contributed by atoms with Gasteiger partial charge in [-0.25, -0.2) is 0 Å². The minimum absolute atomic E-state index is 0. The summed E-state index contributed by atoms with van der Waals surface area (Å²) in [7, 11) is 0. The number of hydrogen-bond donors (Lipinski definition) is 0. The molecule has 0 spiro atoms. The molecule has 0 aromatic rings. The van der Waals surface area contributed by atoms with Crippen LogP contribution in [0.2, 0.25) is 0 Å². The van der Waals surface area contributed by atoms with Gasteiger partial charge in [-0.1, -0.05) is 0 Å². The van der Waals surface area contributed by atoms with Gasteiger partial charge in [0.1, 0.15) is 0 Å². The van der Waals surface area contributed by atoms with Crippen LogP contribution in [0.5, 0.6) is 0 Å². The van der Waals surface area contributed by atoms with E-state index in [9.17, 15) is 0 Å². The van der Waals surface area contributed by atoms with Crippen molar-refractivity contribution < 1.29 is 84.4 Å². The van der Waals surface area contributed by atoms with Crippen LogP contribution in [0, 0.1) is 66.2 Å². The summed E-state index contributed by atoms with van der Waals surface area (Å²) < 4.78 is 0. The molecule has 13 heteroatoms. The smallest absolute Gasteiger partial charge is 1.00 e. The van der Waals surface area contributed by atoms with Gasteiger partial charge in [-0.15, -0.1) is 0 Å². The van der Waals surface area contributed by atoms with Gasteiger partial charge in [0.05, 0.1) is 10.2 Å². The van der Waals surface area contributed by atoms with E-state index in [1.54, 1.807) is 0 Å². The molecule has 0 aromatic heterocycles. The van der Waals surface area contributed by atoms with Crippen molar-refractivity contribution in [2.75, 3.05) is 0 Å². The summed E-state index contributed by atoms with van der Waals surface area (Å²) in [4.78, 5) is 16.5. The van der Waals surface area contributed by atoms with Crippen LogP contribution in [0.3, 0.4) is 0 Å². The van der Waals surface area contributed by atoms with Crippen molar-refractivity contribution in [3.05, 3.63) is 30.6 Å². The molecule has 0 aromatic carbocycles. The number of halogens is 1. The first-order chi connectivity index (χ1) is 3.46. The van der Waals surface area contributed by atoms with Gasteiger partial charge in [0.25, 0.3) is 0 Å². The molecule has 0 heterocycles. The molecule has 13 heavy (non-hydrogen) atoms. The molecule has 0 radical (unpaired) electrons. The summed E-state index contributed by atoms with van der Waals surface area (Å²) in [5.41, 5.74) is 0. The average Bonchev–Trinajstić information content (AvgIpc) is 1.25. The fraction of sp³-hybridized carbons (Fsp3) is 0. The van der Waals surface area contributed by atoms with Crippen LogP contribution in [0.1, 0.15) is 0 Å². The Bertz CT molecular complexity index is 88.6. The molecule has 0 amide bonds. The third-order valence-electron chi connectivity index (χ3n) is 0. The third kappa shape index (κ3) is 299. The second kappa shape index (κ2) is 36.4. The predicted octanol–water partition coefficient (Wildman–Crippen LogP) is -5.58. The molecule has 8 nitrogen and oxygen atoms in total. The van der Waals surface area contributed by atoms with Gasteiger partial charge in [-0.3, -0.25) is 0 Å². The largest absolute Gasteiger partial charge is 3.00 e. The van der Waals surface area contributed by atoms with E-state index in [0.717, 1.165) is 0 Å². The fourth-order valence-corrected chi connectivity index (χ4v) is 0. The Balaban J connectivity index is -0.00000000800. The Morgan fingerprint density at radius 2 is 0.846 bits per heavy atom. The standard InChI is InChI=1S/Al.Ba.ClH.La.2NO3.Zr.5H/c;;;;2*2-1(3)4;;;;;;/h;;1H;;;;;;;;;/q;;;+3;2*-1;;;;;;/p-1. The van der Waals surface area contributed by atoms with Crippen LogP contribution < -0.4 is 12.4 Å². The molecule has 0 aliphatic carbocycles. The molecule has 0 atom stereocenters. The fourth-order valence-electron chi connectivity index (χ4n) is 0. The Morgan fingerprint density at radius 3 is 0.846 bits per heavy atom. The maximum Gasteiger partial charge on any atom is 3.00 e. The Morgan fingerprint density at radius 1 is 0.846 bits per heavy atom. The van der Waals surface area contributed by atoms with Gasteiger partial charge in [-0.05, 0) is 0 Å². The van der Waals surface area contributed by atoms with Gasteiger partial charge >= 0.3 is 84.5 Å². The van der Waals surface area contributed by atoms with E-state index in [1.807, 2.05) is 0 Å². The van der Waals surface area contributed by atoms with E-state index in [1.165, 1.54) is 0 Å². The zero-order chi connectivity index (χ0) is 7.15. The molecule has 0 fully saturated rings. The molecule has 0 aliphatic heterocycles. The van der Waals surface area contributed by atoms with E-state index in [4.69, 9.17) is 30.6 Å². The Labute approximate surface area is 177 Å². The van der Waals surface area contributed by atoms with Crippen LogP contribution in [-0.2, 0) is 26.2 Å². The Hall–Kier alpha value is 2.87. The summed E-state index contributed by atoms with van der Waals surface area (Å²) in [6, 6.07) is 0. The zero-order valence-corrected chi connectivity index (χ0v) is 11.6. The van der Waals surface area contributed by atoms with Crippen LogP contribution >= 0.6 is 0 Å². The van der Waals surface area contributed by atoms with Gasteiger partial charge in [0.15, 0.2) is 17.4 Å². The molecule has 70 valence electrons. The van der Waals surface area contributed by atoms with E-state index in [-0.39, 0.29) is 140 Å². The normalized spacial score (nSPS) is 3.69. The van der Waals surface area contributed by atoms with Crippen molar-refractivity contribution in [3.63, 3.8) is 0 Å². The average molecular weight is 559 g/mol. The molecular weight excluding hydrogens is 554 g/mol. The predicted molar refractivity (Wildman–Crippen MR) is 39.2 cm³/mol. The molecule has 0 bridgehead atoms. The minimum atomic E-state index is -1.75. The molecule has 0 saturated heterocycles. The Kier molecular flexibility index (Phi) is 125. The van der Waals surface area contributed by atoms with Crippen LogP contribution in [0.25, 0.3) is 0 Å².